The molecule has 1 aromatic rings. The van der Waals surface area contributed by atoms with Crippen LogP contribution in [-0.4, -0.2) is 61.0 Å². The number of H-pyrrole nitrogens is 1. The van der Waals surface area contributed by atoms with Crippen LogP contribution in [0, 0.1) is 0 Å². The molecule has 1 saturated heterocycles. The van der Waals surface area contributed by atoms with Gasteiger partial charge in [0, 0.05) is 19.6 Å². The average molecular weight is 258 g/mol. The van der Waals surface area contributed by atoms with E-state index in [1.54, 1.807) is 7.05 Å². The second-order valence-electron chi connectivity index (χ2n) is 4.50. The van der Waals surface area contributed by atoms with Gasteiger partial charge < -0.3 is 4.90 Å². The summed E-state index contributed by atoms with van der Waals surface area (Å²) in [4.78, 5) is 2.16. The fourth-order valence-electron chi connectivity index (χ4n) is 2.17. The Kier molecular flexibility index (Phi) is 3.50. The van der Waals surface area contributed by atoms with Crippen molar-refractivity contribution in [1.29, 1.82) is 0 Å². The molecule has 0 saturated carbocycles. The van der Waals surface area contributed by atoms with E-state index in [2.05, 4.69) is 15.1 Å². The lowest BCUT2D eigenvalue weighted by atomic mass is 10.1. The van der Waals surface area contributed by atoms with Crippen LogP contribution in [0.2, 0.25) is 0 Å². The molecule has 2 rings (SSSR count). The second kappa shape index (κ2) is 4.75. The van der Waals surface area contributed by atoms with E-state index in [4.69, 9.17) is 0 Å². The van der Waals surface area contributed by atoms with Crippen LogP contribution in [0.25, 0.3) is 0 Å². The number of nitrogens with zero attached hydrogens (tertiary/aromatic N) is 3. The van der Waals surface area contributed by atoms with Crippen molar-refractivity contribution in [3.8, 4) is 0 Å². The molecule has 0 aliphatic carbocycles. The van der Waals surface area contributed by atoms with Crippen LogP contribution in [0.3, 0.4) is 0 Å². The van der Waals surface area contributed by atoms with Gasteiger partial charge in [-0.1, -0.05) is 0 Å². The summed E-state index contributed by atoms with van der Waals surface area (Å²) in [5.41, 5.74) is 0. The standard InChI is InChI=1S/C10H18N4O2S/c1-13-7-3-4-9(8-13)14(2)17(15,16)10-5-6-11-12-10/h5-6,9H,3-4,7-8H2,1-2H3,(H,11,12). The van der Waals surface area contributed by atoms with Gasteiger partial charge in [0.15, 0.2) is 5.03 Å². The molecule has 1 aliphatic heterocycles. The highest BCUT2D eigenvalue weighted by molar-refractivity contribution is 7.89. The van der Waals surface area contributed by atoms with Gasteiger partial charge in [-0.2, -0.15) is 9.40 Å². The molecule has 1 aromatic heterocycles. The van der Waals surface area contributed by atoms with E-state index in [-0.39, 0.29) is 11.1 Å². The number of piperidine rings is 1. The summed E-state index contributed by atoms with van der Waals surface area (Å²) < 4.78 is 25.9. The van der Waals surface area contributed by atoms with Crippen molar-refractivity contribution in [2.75, 3.05) is 27.2 Å². The summed E-state index contributed by atoms with van der Waals surface area (Å²) in [6.07, 6.45) is 3.39. The van der Waals surface area contributed by atoms with Gasteiger partial charge in [-0.25, -0.2) is 8.42 Å². The number of likely N-dealkylation sites (N-methyl/N-ethyl adjacent to an activating group) is 2. The number of likely N-dealkylation sites (tertiary alicyclic amines) is 1. The van der Waals surface area contributed by atoms with Gasteiger partial charge in [0.25, 0.3) is 10.0 Å². The zero-order valence-corrected chi connectivity index (χ0v) is 10.9. The topological polar surface area (TPSA) is 69.3 Å². The minimum absolute atomic E-state index is 0.0436. The molecule has 2 heterocycles. The highest BCUT2D eigenvalue weighted by atomic mass is 32.2. The minimum atomic E-state index is -3.43. The van der Waals surface area contributed by atoms with Crippen molar-refractivity contribution in [1.82, 2.24) is 19.4 Å². The third kappa shape index (κ3) is 2.51. The van der Waals surface area contributed by atoms with Crippen LogP contribution in [0.1, 0.15) is 12.8 Å². The van der Waals surface area contributed by atoms with Gasteiger partial charge >= 0.3 is 0 Å². The van der Waals surface area contributed by atoms with E-state index in [9.17, 15) is 8.42 Å². The maximum absolute atomic E-state index is 12.2. The molecule has 0 aromatic carbocycles. The molecule has 17 heavy (non-hydrogen) atoms. The second-order valence-corrected chi connectivity index (χ2v) is 6.47. The zero-order chi connectivity index (χ0) is 12.5. The van der Waals surface area contributed by atoms with Gasteiger partial charge in [0.05, 0.1) is 6.20 Å². The molecule has 1 fully saturated rings. The molecular formula is C10H18N4O2S. The van der Waals surface area contributed by atoms with Crippen LogP contribution in [0.15, 0.2) is 17.3 Å². The Balaban J connectivity index is 2.17. The summed E-state index contributed by atoms with van der Waals surface area (Å²) in [5.74, 6) is 0. The molecule has 0 amide bonds. The Morgan fingerprint density at radius 2 is 2.35 bits per heavy atom. The van der Waals surface area contributed by atoms with Crippen molar-refractivity contribution in [2.45, 2.75) is 23.9 Å². The highest BCUT2D eigenvalue weighted by Crippen LogP contribution is 2.19. The third-order valence-electron chi connectivity index (χ3n) is 3.25. The lowest BCUT2D eigenvalue weighted by molar-refractivity contribution is 0.187. The Morgan fingerprint density at radius 3 is 2.94 bits per heavy atom. The molecule has 6 nitrogen and oxygen atoms in total. The van der Waals surface area contributed by atoms with Gasteiger partial charge in [-0.3, -0.25) is 5.10 Å². The first-order valence-electron chi connectivity index (χ1n) is 5.68. The van der Waals surface area contributed by atoms with E-state index >= 15 is 0 Å². The summed E-state index contributed by atoms with van der Waals surface area (Å²) in [7, 11) is 0.225. The van der Waals surface area contributed by atoms with Crippen LogP contribution < -0.4 is 0 Å². The van der Waals surface area contributed by atoms with Crippen LogP contribution in [-0.2, 0) is 10.0 Å². The molecule has 0 bridgehead atoms. The van der Waals surface area contributed by atoms with Crippen LogP contribution in [0.5, 0.6) is 0 Å². The van der Waals surface area contributed by atoms with Gasteiger partial charge in [-0.15, -0.1) is 0 Å². The lowest BCUT2D eigenvalue weighted by Crippen LogP contribution is -2.47. The lowest BCUT2D eigenvalue weighted by Gasteiger charge is -2.34. The first kappa shape index (κ1) is 12.5. The summed E-state index contributed by atoms with van der Waals surface area (Å²) >= 11 is 0. The molecule has 7 heteroatoms. The summed E-state index contributed by atoms with van der Waals surface area (Å²) in [6.45, 7) is 1.82. The van der Waals surface area contributed by atoms with Gasteiger partial charge in [0.1, 0.15) is 0 Å². The molecule has 0 spiro atoms. The largest absolute Gasteiger partial charge is 0.305 e. The van der Waals surface area contributed by atoms with E-state index in [0.29, 0.717) is 0 Å². The Bertz CT molecular complexity index is 457. The number of aromatic nitrogens is 2. The molecule has 1 aliphatic rings. The predicted molar refractivity (Wildman–Crippen MR) is 64.1 cm³/mol. The van der Waals surface area contributed by atoms with E-state index in [0.717, 1.165) is 25.9 Å². The van der Waals surface area contributed by atoms with Crippen molar-refractivity contribution >= 4 is 10.0 Å². The fourth-order valence-corrected chi connectivity index (χ4v) is 3.45. The SMILES string of the molecule is CN1CCCC(N(C)S(=O)(=O)c2ccn[nH]2)C1. The number of hydrogen-bond donors (Lipinski definition) is 1. The Labute approximate surface area is 102 Å². The zero-order valence-electron chi connectivity index (χ0n) is 10.1. The quantitative estimate of drug-likeness (QED) is 0.836. The smallest absolute Gasteiger partial charge is 0.260 e. The van der Waals surface area contributed by atoms with Crippen molar-refractivity contribution < 1.29 is 8.42 Å². The highest BCUT2D eigenvalue weighted by Gasteiger charge is 2.31. The van der Waals surface area contributed by atoms with Crippen molar-refractivity contribution in [2.24, 2.45) is 0 Å². The maximum atomic E-state index is 12.2. The van der Waals surface area contributed by atoms with Gasteiger partial charge in [-0.05, 0) is 32.5 Å². The van der Waals surface area contributed by atoms with Gasteiger partial charge in [0.2, 0.25) is 0 Å². The fraction of sp³-hybridized carbons (Fsp3) is 0.700. The normalized spacial score (nSPS) is 23.1. The monoisotopic (exact) mass is 258 g/mol. The molecule has 0 radical (unpaired) electrons. The molecule has 96 valence electrons. The minimum Gasteiger partial charge on any atom is -0.305 e. The number of sulfonamides is 1. The van der Waals surface area contributed by atoms with E-state index in [1.165, 1.54) is 16.6 Å². The van der Waals surface area contributed by atoms with Crippen LogP contribution in [0.4, 0.5) is 0 Å². The van der Waals surface area contributed by atoms with Crippen LogP contribution >= 0.6 is 0 Å². The summed E-state index contributed by atoms with van der Waals surface area (Å²) in [5, 5.41) is 6.37. The first-order chi connectivity index (χ1) is 8.01. The average Bonchev–Trinajstić information content (AvgIpc) is 2.82. The summed E-state index contributed by atoms with van der Waals surface area (Å²) in [6, 6.07) is 1.53. The van der Waals surface area contributed by atoms with E-state index in [1.807, 2.05) is 7.05 Å². The number of hydrogen-bond acceptors (Lipinski definition) is 4. The maximum Gasteiger partial charge on any atom is 0.260 e. The molecule has 1 N–H and O–H groups in total. The molecule has 1 atom stereocenters. The number of aromatic amines is 1. The predicted octanol–water partition coefficient (Wildman–Crippen LogP) is 0.124. The molecular weight excluding hydrogens is 240 g/mol. The third-order valence-corrected chi connectivity index (χ3v) is 5.09. The molecule has 1 unspecified atom stereocenters. The van der Waals surface area contributed by atoms with Crippen molar-refractivity contribution in [3.05, 3.63) is 12.3 Å². The number of nitrogens with one attached hydrogen (secondary N) is 1. The Morgan fingerprint density at radius 1 is 1.59 bits per heavy atom. The number of rotatable bonds is 3. The van der Waals surface area contributed by atoms with E-state index < -0.39 is 10.0 Å². The van der Waals surface area contributed by atoms with Crippen molar-refractivity contribution in [3.63, 3.8) is 0 Å². The first-order valence-corrected chi connectivity index (χ1v) is 7.12. The Hall–Kier alpha value is -0.920.